The highest BCUT2D eigenvalue weighted by atomic mass is 16.7. The molecular weight excluding hydrogens is 262 g/mol. The first kappa shape index (κ1) is 14.5. The summed E-state index contributed by atoms with van der Waals surface area (Å²) in [5, 5.41) is 2.63. The number of ether oxygens (including phenoxy) is 4. The fourth-order valence-corrected chi connectivity index (χ4v) is 1.55. The third-order valence-corrected chi connectivity index (χ3v) is 2.93. The van der Waals surface area contributed by atoms with Crippen molar-refractivity contribution in [1.29, 1.82) is 0 Å². The van der Waals surface area contributed by atoms with Crippen molar-refractivity contribution >= 4 is 5.91 Å². The van der Waals surface area contributed by atoms with Gasteiger partial charge in [-0.2, -0.15) is 0 Å². The minimum absolute atomic E-state index is 0.0660. The molecule has 110 valence electrons. The van der Waals surface area contributed by atoms with Crippen LogP contribution in [0.2, 0.25) is 0 Å². The number of carbonyl (C=O) groups excluding carboxylic acids is 1. The maximum absolute atomic E-state index is 11.5. The van der Waals surface area contributed by atoms with E-state index in [0.717, 1.165) is 6.42 Å². The van der Waals surface area contributed by atoms with E-state index in [0.29, 0.717) is 17.2 Å². The van der Waals surface area contributed by atoms with Gasteiger partial charge in [-0.25, -0.2) is 0 Å². The molecule has 6 heteroatoms. The number of carbonyl (C=O) groups is 1. The predicted octanol–water partition coefficient (Wildman–Crippen LogP) is 1.68. The van der Waals surface area contributed by atoms with Crippen LogP contribution in [0.3, 0.4) is 0 Å². The van der Waals surface area contributed by atoms with E-state index in [1.54, 1.807) is 18.2 Å². The predicted molar refractivity (Wildman–Crippen MR) is 71.9 cm³/mol. The standard InChI is InChI=1S/C14H19NO5/c1-3-10(2)18-8-15-14(16)7-17-11-4-5-12-13(6-11)20-9-19-12/h4-6,10H,3,7-9H2,1-2H3,(H,15,16). The largest absolute Gasteiger partial charge is 0.484 e. The molecule has 6 nitrogen and oxygen atoms in total. The molecule has 1 aromatic rings. The van der Waals surface area contributed by atoms with Gasteiger partial charge >= 0.3 is 0 Å². The molecule has 0 fully saturated rings. The van der Waals surface area contributed by atoms with E-state index in [-0.39, 0.29) is 32.1 Å². The Balaban J connectivity index is 1.71. The highest BCUT2D eigenvalue weighted by Gasteiger charge is 2.14. The maximum Gasteiger partial charge on any atom is 0.259 e. The summed E-state index contributed by atoms with van der Waals surface area (Å²) in [6.07, 6.45) is 1.04. The lowest BCUT2D eigenvalue weighted by atomic mass is 10.3. The first-order valence-corrected chi connectivity index (χ1v) is 6.59. The third-order valence-electron chi connectivity index (χ3n) is 2.93. The van der Waals surface area contributed by atoms with Crippen molar-refractivity contribution in [1.82, 2.24) is 5.32 Å². The number of hydrogen-bond donors (Lipinski definition) is 1. The molecule has 0 saturated heterocycles. The molecule has 1 aliphatic rings. The van der Waals surface area contributed by atoms with Crippen LogP contribution in [0.4, 0.5) is 0 Å². The van der Waals surface area contributed by atoms with E-state index in [2.05, 4.69) is 5.32 Å². The number of hydrogen-bond acceptors (Lipinski definition) is 5. The molecule has 2 rings (SSSR count). The van der Waals surface area contributed by atoms with Gasteiger partial charge in [0.15, 0.2) is 18.1 Å². The average Bonchev–Trinajstić information content (AvgIpc) is 2.92. The minimum atomic E-state index is -0.231. The monoisotopic (exact) mass is 281 g/mol. The van der Waals surface area contributed by atoms with Gasteiger partial charge in [0.05, 0.1) is 6.10 Å². The van der Waals surface area contributed by atoms with Crippen LogP contribution in [0.15, 0.2) is 18.2 Å². The highest BCUT2D eigenvalue weighted by molar-refractivity contribution is 5.77. The van der Waals surface area contributed by atoms with Crippen LogP contribution in [0.1, 0.15) is 20.3 Å². The number of rotatable bonds is 7. The van der Waals surface area contributed by atoms with Crippen LogP contribution < -0.4 is 19.5 Å². The molecule has 1 aromatic carbocycles. The van der Waals surface area contributed by atoms with Gasteiger partial charge in [0, 0.05) is 6.07 Å². The number of nitrogens with one attached hydrogen (secondary N) is 1. The van der Waals surface area contributed by atoms with Crippen LogP contribution in [0.25, 0.3) is 0 Å². The van der Waals surface area contributed by atoms with Crippen LogP contribution in [0, 0.1) is 0 Å². The molecule has 0 aliphatic carbocycles. The van der Waals surface area contributed by atoms with E-state index in [4.69, 9.17) is 18.9 Å². The fourth-order valence-electron chi connectivity index (χ4n) is 1.55. The fraction of sp³-hybridized carbons (Fsp3) is 0.500. The smallest absolute Gasteiger partial charge is 0.259 e. The number of amides is 1. The van der Waals surface area contributed by atoms with Gasteiger partial charge in [-0.1, -0.05) is 6.92 Å². The van der Waals surface area contributed by atoms with E-state index in [9.17, 15) is 4.79 Å². The summed E-state index contributed by atoms with van der Waals surface area (Å²) in [6, 6.07) is 5.18. The Bertz CT molecular complexity index is 463. The number of fused-ring (bicyclic) bond motifs is 1. The number of benzene rings is 1. The second-order valence-corrected chi connectivity index (χ2v) is 4.43. The summed E-state index contributed by atoms with van der Waals surface area (Å²) in [5.41, 5.74) is 0. The second-order valence-electron chi connectivity index (χ2n) is 4.43. The molecule has 1 unspecified atom stereocenters. The Morgan fingerprint density at radius 2 is 2.20 bits per heavy atom. The molecule has 0 bridgehead atoms. The van der Waals surface area contributed by atoms with Crippen LogP contribution in [-0.4, -0.2) is 32.1 Å². The van der Waals surface area contributed by atoms with Gasteiger partial charge in [-0.3, -0.25) is 4.79 Å². The van der Waals surface area contributed by atoms with Gasteiger partial charge in [0.25, 0.3) is 5.91 Å². The Labute approximate surface area is 118 Å². The summed E-state index contributed by atoms with van der Waals surface area (Å²) in [7, 11) is 0. The summed E-state index contributed by atoms with van der Waals surface area (Å²) in [6.45, 7) is 4.32. The molecular formula is C14H19NO5. The van der Waals surface area contributed by atoms with Gasteiger partial charge in [0.2, 0.25) is 6.79 Å². The van der Waals surface area contributed by atoms with Crippen molar-refractivity contribution in [2.75, 3.05) is 20.1 Å². The zero-order chi connectivity index (χ0) is 14.4. The summed E-state index contributed by atoms with van der Waals surface area (Å²) in [4.78, 5) is 11.5. The lowest BCUT2D eigenvalue weighted by molar-refractivity contribution is -0.125. The van der Waals surface area contributed by atoms with Crippen LogP contribution in [-0.2, 0) is 9.53 Å². The molecule has 1 N–H and O–H groups in total. The molecule has 0 radical (unpaired) electrons. The molecule has 20 heavy (non-hydrogen) atoms. The average molecular weight is 281 g/mol. The van der Waals surface area contributed by atoms with Crippen molar-refractivity contribution in [2.24, 2.45) is 0 Å². The van der Waals surface area contributed by atoms with Gasteiger partial charge in [-0.15, -0.1) is 0 Å². The van der Waals surface area contributed by atoms with E-state index < -0.39 is 0 Å². The highest BCUT2D eigenvalue weighted by Crippen LogP contribution is 2.34. The second kappa shape index (κ2) is 7.00. The first-order valence-electron chi connectivity index (χ1n) is 6.59. The van der Waals surface area contributed by atoms with E-state index in [1.165, 1.54) is 0 Å². The molecule has 0 spiro atoms. The molecule has 1 heterocycles. The topological polar surface area (TPSA) is 66.0 Å². The quantitative estimate of drug-likeness (QED) is 0.770. The van der Waals surface area contributed by atoms with Crippen molar-refractivity contribution in [2.45, 2.75) is 26.4 Å². The van der Waals surface area contributed by atoms with Crippen molar-refractivity contribution < 1.29 is 23.7 Å². The zero-order valence-electron chi connectivity index (χ0n) is 11.7. The molecule has 0 aromatic heterocycles. The zero-order valence-corrected chi connectivity index (χ0v) is 11.7. The maximum atomic E-state index is 11.5. The van der Waals surface area contributed by atoms with Gasteiger partial charge < -0.3 is 24.3 Å². The Kier molecular flexibility index (Phi) is 5.06. The Hall–Kier alpha value is -1.95. The first-order chi connectivity index (χ1) is 9.69. The normalized spacial score (nSPS) is 13.9. The molecule has 1 amide bonds. The Morgan fingerprint density at radius 3 is 3.00 bits per heavy atom. The third kappa shape index (κ3) is 4.03. The Morgan fingerprint density at radius 1 is 1.40 bits per heavy atom. The van der Waals surface area contributed by atoms with Crippen LogP contribution >= 0.6 is 0 Å². The molecule has 0 saturated carbocycles. The summed E-state index contributed by atoms with van der Waals surface area (Å²) < 4.78 is 21.1. The SMILES string of the molecule is CCC(C)OCNC(=O)COc1ccc2c(c1)OCO2. The van der Waals surface area contributed by atoms with Gasteiger partial charge in [0.1, 0.15) is 12.5 Å². The molecule has 1 atom stereocenters. The van der Waals surface area contributed by atoms with Crippen molar-refractivity contribution in [3.05, 3.63) is 18.2 Å². The summed E-state index contributed by atoms with van der Waals surface area (Å²) >= 11 is 0. The molecule has 1 aliphatic heterocycles. The van der Waals surface area contributed by atoms with Crippen molar-refractivity contribution in [3.63, 3.8) is 0 Å². The van der Waals surface area contributed by atoms with E-state index in [1.807, 2.05) is 13.8 Å². The van der Waals surface area contributed by atoms with Crippen molar-refractivity contribution in [3.8, 4) is 17.2 Å². The van der Waals surface area contributed by atoms with Crippen LogP contribution in [0.5, 0.6) is 17.2 Å². The lowest BCUT2D eigenvalue weighted by Crippen LogP contribution is -2.32. The van der Waals surface area contributed by atoms with Gasteiger partial charge in [-0.05, 0) is 25.5 Å². The minimum Gasteiger partial charge on any atom is -0.484 e. The summed E-state index contributed by atoms with van der Waals surface area (Å²) in [5.74, 6) is 1.64. The lowest BCUT2D eigenvalue weighted by Gasteiger charge is -2.12. The van der Waals surface area contributed by atoms with E-state index >= 15 is 0 Å².